The highest BCUT2D eigenvalue weighted by Gasteiger charge is 2.10. The second kappa shape index (κ2) is 7.23. The number of rotatable bonds is 4. The van der Waals surface area contributed by atoms with Crippen molar-refractivity contribution in [3.8, 4) is 5.75 Å². The van der Waals surface area contributed by atoms with E-state index in [9.17, 15) is 9.59 Å². The van der Waals surface area contributed by atoms with Gasteiger partial charge in [-0.25, -0.2) is 0 Å². The molecule has 3 N–H and O–H groups in total. The van der Waals surface area contributed by atoms with Crippen LogP contribution in [0.4, 0.5) is 5.69 Å². The monoisotopic (exact) mass is 354 g/mol. The molecule has 0 aromatic heterocycles. The molecule has 1 aliphatic rings. The predicted octanol–water partition coefficient (Wildman–Crippen LogP) is 3.41. The summed E-state index contributed by atoms with van der Waals surface area (Å²) in [5.74, 6) is -0.109. The fourth-order valence-electron chi connectivity index (χ4n) is 2.38. The summed E-state index contributed by atoms with van der Waals surface area (Å²) in [6.45, 7) is 0.371. The van der Waals surface area contributed by atoms with Gasteiger partial charge >= 0.3 is 0 Å². The summed E-state index contributed by atoms with van der Waals surface area (Å²) in [6.07, 6.45) is 5.00. The lowest BCUT2D eigenvalue weighted by Crippen LogP contribution is -2.13. The van der Waals surface area contributed by atoms with Gasteiger partial charge in [0.15, 0.2) is 0 Å². The van der Waals surface area contributed by atoms with E-state index in [1.165, 1.54) is 12.1 Å². The predicted molar refractivity (Wildman–Crippen MR) is 97.7 cm³/mol. The molecule has 0 saturated heterocycles. The highest BCUT2D eigenvalue weighted by molar-refractivity contribution is 6.30. The molecule has 0 fully saturated rings. The number of hydrogen-bond acceptors (Lipinski definition) is 3. The van der Waals surface area contributed by atoms with Gasteiger partial charge in [-0.3, -0.25) is 9.59 Å². The van der Waals surface area contributed by atoms with Gasteiger partial charge in [-0.2, -0.15) is 0 Å². The van der Waals surface area contributed by atoms with Crippen LogP contribution in [0.2, 0.25) is 5.02 Å². The number of anilines is 1. The summed E-state index contributed by atoms with van der Waals surface area (Å²) in [6, 6.07) is 11.8. The maximum atomic E-state index is 12.0. The fraction of sp³-hybridized carbons (Fsp3) is 0.0526. The standard InChI is InChI=1S/C19H15ClN2O3/c20-15-5-6-17-14(9-15)8-12(11-25-17)4-7-18(23)22-16-3-1-2-13(10-16)19(21)24/h1-10H,11H2,(H2,21,24)(H,22,23)/b7-4+. The topological polar surface area (TPSA) is 81.4 Å². The summed E-state index contributed by atoms with van der Waals surface area (Å²) < 4.78 is 5.62. The molecule has 126 valence electrons. The van der Waals surface area contributed by atoms with Crippen molar-refractivity contribution in [1.29, 1.82) is 0 Å². The average molecular weight is 355 g/mol. The van der Waals surface area contributed by atoms with Crippen molar-refractivity contribution in [3.63, 3.8) is 0 Å². The molecule has 5 nitrogen and oxygen atoms in total. The van der Waals surface area contributed by atoms with Crippen LogP contribution in [0.15, 0.2) is 60.2 Å². The van der Waals surface area contributed by atoms with Crippen LogP contribution in [0, 0.1) is 0 Å². The van der Waals surface area contributed by atoms with E-state index in [-0.39, 0.29) is 5.91 Å². The second-order valence-corrected chi connectivity index (χ2v) is 5.89. The van der Waals surface area contributed by atoms with Gasteiger partial charge < -0.3 is 15.8 Å². The van der Waals surface area contributed by atoms with E-state index in [1.807, 2.05) is 12.1 Å². The van der Waals surface area contributed by atoms with Gasteiger partial charge in [0.2, 0.25) is 11.8 Å². The van der Waals surface area contributed by atoms with Crippen LogP contribution >= 0.6 is 11.6 Å². The summed E-state index contributed by atoms with van der Waals surface area (Å²) in [4.78, 5) is 23.2. The van der Waals surface area contributed by atoms with Gasteiger partial charge in [-0.1, -0.05) is 23.7 Å². The molecule has 3 rings (SSSR count). The lowest BCUT2D eigenvalue weighted by molar-refractivity contribution is -0.111. The number of benzene rings is 2. The highest BCUT2D eigenvalue weighted by Crippen LogP contribution is 2.29. The van der Waals surface area contributed by atoms with Gasteiger partial charge in [0.1, 0.15) is 12.4 Å². The number of ether oxygens (including phenoxy) is 1. The maximum absolute atomic E-state index is 12.0. The van der Waals surface area contributed by atoms with Gasteiger partial charge in [0, 0.05) is 27.9 Å². The Hall–Kier alpha value is -3.05. The first-order valence-electron chi connectivity index (χ1n) is 7.53. The Kier molecular flexibility index (Phi) is 4.86. The van der Waals surface area contributed by atoms with Crippen molar-refractivity contribution in [2.45, 2.75) is 0 Å². The lowest BCUT2D eigenvalue weighted by atomic mass is 10.1. The SMILES string of the molecule is NC(=O)c1cccc(NC(=O)/C=C/C2=Cc3cc(Cl)ccc3OC2)c1. The van der Waals surface area contributed by atoms with Gasteiger partial charge in [-0.15, -0.1) is 0 Å². The molecule has 1 aliphatic heterocycles. The lowest BCUT2D eigenvalue weighted by Gasteiger charge is -2.16. The number of nitrogens with two attached hydrogens (primary N) is 1. The number of halogens is 1. The first-order valence-corrected chi connectivity index (χ1v) is 7.91. The van der Waals surface area contributed by atoms with Crippen LogP contribution < -0.4 is 15.8 Å². The third kappa shape index (κ3) is 4.28. The van der Waals surface area contributed by atoms with Gasteiger partial charge in [-0.05, 0) is 48.0 Å². The molecular weight excluding hydrogens is 340 g/mol. The van der Waals surface area contributed by atoms with Crippen LogP contribution in [0.25, 0.3) is 6.08 Å². The van der Waals surface area contributed by atoms with Gasteiger partial charge in [0.05, 0.1) is 0 Å². The minimum Gasteiger partial charge on any atom is -0.488 e. The number of fused-ring (bicyclic) bond motifs is 1. The Balaban J connectivity index is 1.69. The molecule has 0 saturated carbocycles. The zero-order valence-electron chi connectivity index (χ0n) is 13.2. The largest absolute Gasteiger partial charge is 0.488 e. The van der Waals surface area contributed by atoms with Crippen LogP contribution in [0.5, 0.6) is 5.75 Å². The Morgan fingerprint density at radius 3 is 2.84 bits per heavy atom. The average Bonchev–Trinajstić information content (AvgIpc) is 2.59. The summed E-state index contributed by atoms with van der Waals surface area (Å²) in [5.41, 5.74) is 7.76. The Morgan fingerprint density at radius 2 is 2.04 bits per heavy atom. The van der Waals surface area contributed by atoms with Crippen molar-refractivity contribution < 1.29 is 14.3 Å². The highest BCUT2D eigenvalue weighted by atomic mass is 35.5. The van der Waals surface area contributed by atoms with Crippen molar-refractivity contribution in [1.82, 2.24) is 0 Å². The molecule has 0 aliphatic carbocycles. The molecule has 0 spiro atoms. The van der Waals surface area contributed by atoms with Crippen molar-refractivity contribution in [2.75, 3.05) is 11.9 Å². The summed E-state index contributed by atoms with van der Waals surface area (Å²) in [5, 5.41) is 3.30. The summed E-state index contributed by atoms with van der Waals surface area (Å²) >= 11 is 5.98. The smallest absolute Gasteiger partial charge is 0.248 e. The molecular formula is C19H15ClN2O3. The normalized spacial score (nSPS) is 12.9. The van der Waals surface area contributed by atoms with Crippen LogP contribution in [0.3, 0.4) is 0 Å². The molecule has 0 radical (unpaired) electrons. The Morgan fingerprint density at radius 1 is 1.20 bits per heavy atom. The van der Waals surface area contributed by atoms with Crippen LogP contribution in [-0.4, -0.2) is 18.4 Å². The number of nitrogens with one attached hydrogen (secondary N) is 1. The zero-order valence-corrected chi connectivity index (χ0v) is 13.9. The van der Waals surface area contributed by atoms with E-state index in [4.69, 9.17) is 22.1 Å². The summed E-state index contributed by atoms with van der Waals surface area (Å²) in [7, 11) is 0. The van der Waals surface area contributed by atoms with E-state index in [2.05, 4.69) is 5.32 Å². The first kappa shape index (κ1) is 16.8. The third-order valence-corrected chi connectivity index (χ3v) is 3.81. The molecule has 2 amide bonds. The minimum absolute atomic E-state index is 0.320. The number of carbonyl (C=O) groups is 2. The third-order valence-electron chi connectivity index (χ3n) is 3.57. The minimum atomic E-state index is -0.548. The van der Waals surface area contributed by atoms with Crippen LogP contribution in [-0.2, 0) is 4.79 Å². The van der Waals surface area contributed by atoms with Crippen molar-refractivity contribution >= 4 is 35.2 Å². The van der Waals surface area contributed by atoms with Crippen LogP contribution in [0.1, 0.15) is 15.9 Å². The van der Waals surface area contributed by atoms with Crippen molar-refractivity contribution in [2.24, 2.45) is 5.73 Å². The van der Waals surface area contributed by atoms with E-state index in [0.717, 1.165) is 16.9 Å². The molecule has 1 heterocycles. The zero-order chi connectivity index (χ0) is 17.8. The Bertz CT molecular complexity index is 903. The molecule has 25 heavy (non-hydrogen) atoms. The molecule has 0 atom stereocenters. The van der Waals surface area contributed by atoms with Crippen molar-refractivity contribution in [3.05, 3.63) is 76.3 Å². The quantitative estimate of drug-likeness (QED) is 0.825. The number of amides is 2. The second-order valence-electron chi connectivity index (χ2n) is 5.46. The number of carbonyl (C=O) groups excluding carboxylic acids is 2. The maximum Gasteiger partial charge on any atom is 0.248 e. The number of hydrogen-bond donors (Lipinski definition) is 2. The molecule has 2 aromatic carbocycles. The molecule has 2 aromatic rings. The van der Waals surface area contributed by atoms with E-state index in [1.54, 1.807) is 36.4 Å². The van der Waals surface area contributed by atoms with E-state index in [0.29, 0.717) is 22.9 Å². The van der Waals surface area contributed by atoms with Gasteiger partial charge in [0.25, 0.3) is 0 Å². The molecule has 6 heteroatoms. The van der Waals surface area contributed by atoms with E-state index < -0.39 is 5.91 Å². The molecule has 0 unspecified atom stereocenters. The molecule has 0 bridgehead atoms. The number of primary amides is 1. The van der Waals surface area contributed by atoms with E-state index >= 15 is 0 Å². The first-order chi connectivity index (χ1) is 12.0. The Labute approximate surface area is 149 Å². The fourth-order valence-corrected chi connectivity index (χ4v) is 2.56.